The van der Waals surface area contributed by atoms with E-state index in [1.807, 2.05) is 42.5 Å². The number of ether oxygens (including phenoxy) is 2. The van der Waals surface area contributed by atoms with E-state index in [1.165, 1.54) is 0 Å². The Morgan fingerprint density at radius 2 is 1.67 bits per heavy atom. The van der Waals surface area contributed by atoms with Crippen LogP contribution in [0.4, 0.5) is 11.4 Å². The molecule has 7 nitrogen and oxygen atoms in total. The van der Waals surface area contributed by atoms with E-state index in [-0.39, 0.29) is 31.4 Å². The number of benzene rings is 3. The topological polar surface area (TPSA) is 84.9 Å². The van der Waals surface area contributed by atoms with E-state index in [1.54, 1.807) is 48.2 Å². The highest BCUT2D eigenvalue weighted by Gasteiger charge is 2.31. The standard InChI is InChI=1S/C26H24N2O5/c1-18-26(31)28(22-9-5-6-10-23(22)33-18)16-15-24(29)32-17-19-11-13-20(14-12-19)25(30)27-21-7-3-2-4-8-21/h2-14,18H,15-17H2,1H3,(H,27,30). The predicted octanol–water partition coefficient (Wildman–Crippen LogP) is 4.19. The Morgan fingerprint density at radius 3 is 2.42 bits per heavy atom. The molecule has 3 aromatic carbocycles. The first-order valence-electron chi connectivity index (χ1n) is 10.7. The Hall–Kier alpha value is -4.13. The van der Waals surface area contributed by atoms with Gasteiger partial charge >= 0.3 is 5.97 Å². The SMILES string of the molecule is CC1Oc2ccccc2N(CCC(=O)OCc2ccc(C(=O)Nc3ccccc3)cc2)C1=O. The monoisotopic (exact) mass is 444 g/mol. The molecular weight excluding hydrogens is 420 g/mol. The second-order valence-electron chi connectivity index (χ2n) is 7.65. The minimum atomic E-state index is -0.603. The average molecular weight is 444 g/mol. The van der Waals surface area contributed by atoms with Crippen LogP contribution < -0.4 is 15.0 Å². The summed E-state index contributed by atoms with van der Waals surface area (Å²) in [5.74, 6) is -0.194. The van der Waals surface area contributed by atoms with Crippen LogP contribution in [0.2, 0.25) is 0 Å². The van der Waals surface area contributed by atoms with Crippen molar-refractivity contribution in [2.45, 2.75) is 26.1 Å². The first-order valence-corrected chi connectivity index (χ1v) is 10.7. The Balaban J connectivity index is 1.28. The largest absolute Gasteiger partial charge is 0.479 e. The van der Waals surface area contributed by atoms with Crippen molar-refractivity contribution in [1.82, 2.24) is 0 Å². The Bertz CT molecular complexity index is 1140. The van der Waals surface area contributed by atoms with Gasteiger partial charge in [-0.15, -0.1) is 0 Å². The number of hydrogen-bond acceptors (Lipinski definition) is 5. The zero-order valence-electron chi connectivity index (χ0n) is 18.2. The fourth-order valence-corrected chi connectivity index (χ4v) is 3.51. The minimum Gasteiger partial charge on any atom is -0.479 e. The highest BCUT2D eigenvalue weighted by Crippen LogP contribution is 2.33. The number of carbonyl (C=O) groups excluding carboxylic acids is 3. The van der Waals surface area contributed by atoms with Gasteiger partial charge in [0.25, 0.3) is 11.8 Å². The second kappa shape index (κ2) is 9.99. The third-order valence-electron chi connectivity index (χ3n) is 5.26. The van der Waals surface area contributed by atoms with E-state index < -0.39 is 12.1 Å². The summed E-state index contributed by atoms with van der Waals surface area (Å²) in [6, 6.07) is 23.3. The highest BCUT2D eigenvalue weighted by atomic mass is 16.5. The lowest BCUT2D eigenvalue weighted by atomic mass is 10.1. The molecule has 0 bridgehead atoms. The van der Waals surface area contributed by atoms with Crippen LogP contribution in [0.1, 0.15) is 29.3 Å². The van der Waals surface area contributed by atoms with Gasteiger partial charge in [-0.1, -0.05) is 42.5 Å². The number of esters is 1. The summed E-state index contributed by atoms with van der Waals surface area (Å²) in [5.41, 5.74) is 2.64. The van der Waals surface area contributed by atoms with Crippen LogP contribution in [-0.2, 0) is 20.9 Å². The van der Waals surface area contributed by atoms with Gasteiger partial charge in [0.2, 0.25) is 0 Å². The summed E-state index contributed by atoms with van der Waals surface area (Å²) in [6.07, 6.45) is -0.543. The Labute approximate surface area is 191 Å². The normalized spacial score (nSPS) is 14.8. The first kappa shape index (κ1) is 22.1. The molecule has 0 aromatic heterocycles. The van der Waals surface area contributed by atoms with Gasteiger partial charge in [0, 0.05) is 17.8 Å². The van der Waals surface area contributed by atoms with Crippen molar-refractivity contribution in [3.8, 4) is 5.75 Å². The van der Waals surface area contributed by atoms with Crippen molar-refractivity contribution in [2.75, 3.05) is 16.8 Å². The predicted molar refractivity (Wildman–Crippen MR) is 124 cm³/mol. The summed E-state index contributed by atoms with van der Waals surface area (Å²) in [4.78, 5) is 38.7. The quantitative estimate of drug-likeness (QED) is 0.553. The third kappa shape index (κ3) is 5.38. The van der Waals surface area contributed by atoms with Gasteiger partial charge in [-0.3, -0.25) is 14.4 Å². The summed E-state index contributed by atoms with van der Waals surface area (Å²) in [7, 11) is 0. The number of nitrogens with zero attached hydrogens (tertiary/aromatic N) is 1. The van der Waals surface area contributed by atoms with Gasteiger partial charge in [0.1, 0.15) is 12.4 Å². The molecule has 33 heavy (non-hydrogen) atoms. The molecule has 1 aliphatic heterocycles. The third-order valence-corrected chi connectivity index (χ3v) is 5.26. The molecule has 1 heterocycles. The van der Waals surface area contributed by atoms with Crippen LogP contribution in [0.15, 0.2) is 78.9 Å². The summed E-state index contributed by atoms with van der Waals surface area (Å²) < 4.78 is 11.0. The Morgan fingerprint density at radius 1 is 0.970 bits per heavy atom. The number of anilines is 2. The number of amides is 2. The van der Waals surface area contributed by atoms with Crippen molar-refractivity contribution in [3.63, 3.8) is 0 Å². The molecule has 1 unspecified atom stereocenters. The number of carbonyl (C=O) groups is 3. The molecule has 0 spiro atoms. The lowest BCUT2D eigenvalue weighted by Gasteiger charge is -2.32. The second-order valence-corrected chi connectivity index (χ2v) is 7.65. The lowest BCUT2D eigenvalue weighted by Crippen LogP contribution is -2.45. The van der Waals surface area contributed by atoms with Crippen molar-refractivity contribution in [3.05, 3.63) is 90.0 Å². The van der Waals surface area contributed by atoms with Crippen LogP contribution >= 0.6 is 0 Å². The molecule has 168 valence electrons. The highest BCUT2D eigenvalue weighted by molar-refractivity contribution is 6.04. The Kier molecular flexibility index (Phi) is 6.69. The van der Waals surface area contributed by atoms with Gasteiger partial charge in [0.05, 0.1) is 12.1 Å². The smallest absolute Gasteiger partial charge is 0.307 e. The fourth-order valence-electron chi connectivity index (χ4n) is 3.51. The van der Waals surface area contributed by atoms with E-state index >= 15 is 0 Å². The van der Waals surface area contributed by atoms with E-state index in [0.29, 0.717) is 17.0 Å². The number of fused-ring (bicyclic) bond motifs is 1. The molecule has 0 fully saturated rings. The van der Waals surface area contributed by atoms with Crippen LogP contribution in [0.25, 0.3) is 0 Å². The van der Waals surface area contributed by atoms with Crippen molar-refractivity contribution < 1.29 is 23.9 Å². The molecule has 0 aliphatic carbocycles. The number of hydrogen-bond donors (Lipinski definition) is 1. The summed E-state index contributed by atoms with van der Waals surface area (Å²) in [5, 5.41) is 2.82. The van der Waals surface area contributed by atoms with Gasteiger partial charge < -0.3 is 19.7 Å². The van der Waals surface area contributed by atoms with Gasteiger partial charge in [-0.2, -0.15) is 0 Å². The molecular formula is C26H24N2O5. The zero-order valence-corrected chi connectivity index (χ0v) is 18.2. The van der Waals surface area contributed by atoms with Crippen LogP contribution in [0.5, 0.6) is 5.75 Å². The number of nitrogens with one attached hydrogen (secondary N) is 1. The number of rotatable bonds is 7. The van der Waals surface area contributed by atoms with Crippen LogP contribution in [0.3, 0.4) is 0 Å². The van der Waals surface area contributed by atoms with E-state index in [2.05, 4.69) is 5.32 Å². The maximum absolute atomic E-state index is 12.5. The molecule has 0 saturated carbocycles. The summed E-state index contributed by atoms with van der Waals surface area (Å²) >= 11 is 0. The van der Waals surface area contributed by atoms with Gasteiger partial charge in [-0.25, -0.2) is 0 Å². The molecule has 1 N–H and O–H groups in total. The molecule has 4 rings (SSSR count). The maximum Gasteiger partial charge on any atom is 0.307 e. The van der Waals surface area contributed by atoms with E-state index in [9.17, 15) is 14.4 Å². The lowest BCUT2D eigenvalue weighted by molar-refractivity contribution is -0.144. The van der Waals surface area contributed by atoms with E-state index in [0.717, 1.165) is 11.3 Å². The first-order chi connectivity index (χ1) is 16.0. The van der Waals surface area contributed by atoms with Crippen molar-refractivity contribution in [2.24, 2.45) is 0 Å². The zero-order chi connectivity index (χ0) is 23.2. The van der Waals surface area contributed by atoms with Crippen molar-refractivity contribution in [1.29, 1.82) is 0 Å². The summed E-state index contributed by atoms with van der Waals surface area (Å²) in [6.45, 7) is 1.98. The molecule has 1 atom stereocenters. The van der Waals surface area contributed by atoms with Gasteiger partial charge in [-0.05, 0) is 48.9 Å². The van der Waals surface area contributed by atoms with Crippen LogP contribution in [-0.4, -0.2) is 30.4 Å². The average Bonchev–Trinajstić information content (AvgIpc) is 2.84. The fraction of sp³-hybridized carbons (Fsp3) is 0.192. The minimum absolute atomic E-state index is 0.0599. The molecule has 0 radical (unpaired) electrons. The van der Waals surface area contributed by atoms with E-state index in [4.69, 9.17) is 9.47 Å². The van der Waals surface area contributed by atoms with Crippen LogP contribution in [0, 0.1) is 0 Å². The maximum atomic E-state index is 12.5. The molecule has 0 saturated heterocycles. The van der Waals surface area contributed by atoms with Crippen molar-refractivity contribution >= 4 is 29.2 Å². The molecule has 2 amide bonds. The number of para-hydroxylation sites is 3. The molecule has 3 aromatic rings. The molecule has 7 heteroatoms. The molecule has 1 aliphatic rings. The van der Waals surface area contributed by atoms with Gasteiger partial charge in [0.15, 0.2) is 6.10 Å².